The van der Waals surface area contributed by atoms with Crippen molar-refractivity contribution in [1.82, 2.24) is 19.7 Å². The van der Waals surface area contributed by atoms with Crippen molar-refractivity contribution in [2.45, 2.75) is 11.4 Å². The summed E-state index contributed by atoms with van der Waals surface area (Å²) in [4.78, 5) is 27.7. The lowest BCUT2D eigenvalue weighted by Gasteiger charge is -2.26. The molecule has 1 amide bonds. The number of hydrogen-bond acceptors (Lipinski definition) is 7. The number of anilines is 1. The van der Waals surface area contributed by atoms with Crippen LogP contribution in [-0.2, 0) is 30.8 Å². The highest BCUT2D eigenvalue weighted by Crippen LogP contribution is 2.17. The summed E-state index contributed by atoms with van der Waals surface area (Å²) in [5.74, 6) is -0.796. The molecule has 2 aromatic heterocycles. The SMILES string of the molecule is COC(=O)c1cc(S(=O)(=O)Nc2cnn(CC(=O)N3CCOCC3)c2)c[nH]1. The fourth-order valence-electron chi connectivity index (χ4n) is 2.53. The second-order valence-electron chi connectivity index (χ2n) is 5.77. The van der Waals surface area contributed by atoms with Gasteiger partial charge < -0.3 is 19.4 Å². The summed E-state index contributed by atoms with van der Waals surface area (Å²) in [5.41, 5.74) is 0.218. The van der Waals surface area contributed by atoms with E-state index in [2.05, 4.69) is 19.5 Å². The van der Waals surface area contributed by atoms with Gasteiger partial charge in [0.2, 0.25) is 5.91 Å². The van der Waals surface area contributed by atoms with E-state index in [1.807, 2.05) is 0 Å². The molecule has 11 nitrogen and oxygen atoms in total. The molecule has 0 atom stereocenters. The summed E-state index contributed by atoms with van der Waals surface area (Å²) in [5, 5.41) is 4.00. The normalized spacial score (nSPS) is 14.8. The van der Waals surface area contributed by atoms with Gasteiger partial charge in [0.1, 0.15) is 17.1 Å². The van der Waals surface area contributed by atoms with E-state index in [0.717, 1.165) is 0 Å². The number of aromatic amines is 1. The van der Waals surface area contributed by atoms with Crippen LogP contribution in [0.2, 0.25) is 0 Å². The Balaban J connectivity index is 1.65. The van der Waals surface area contributed by atoms with Crippen LogP contribution in [0.1, 0.15) is 10.5 Å². The van der Waals surface area contributed by atoms with Gasteiger partial charge in [-0.25, -0.2) is 13.2 Å². The van der Waals surface area contributed by atoms with Crippen molar-refractivity contribution in [2.24, 2.45) is 0 Å². The first-order chi connectivity index (χ1) is 12.9. The maximum atomic E-state index is 12.4. The van der Waals surface area contributed by atoms with Gasteiger partial charge in [0.25, 0.3) is 10.0 Å². The highest BCUT2D eigenvalue weighted by molar-refractivity contribution is 7.92. The minimum atomic E-state index is -3.92. The number of morpholine rings is 1. The van der Waals surface area contributed by atoms with E-state index in [1.165, 1.54) is 36.4 Å². The molecular weight excluding hydrogens is 378 g/mol. The number of aromatic nitrogens is 3. The van der Waals surface area contributed by atoms with Crippen molar-refractivity contribution in [1.29, 1.82) is 0 Å². The molecule has 27 heavy (non-hydrogen) atoms. The van der Waals surface area contributed by atoms with Crippen molar-refractivity contribution < 1.29 is 27.5 Å². The molecule has 0 radical (unpaired) electrons. The number of carbonyl (C=O) groups is 2. The Labute approximate surface area is 155 Å². The first-order valence-electron chi connectivity index (χ1n) is 8.06. The summed E-state index contributed by atoms with van der Waals surface area (Å²) in [6.45, 7) is 2.05. The Morgan fingerprint density at radius 2 is 2.11 bits per heavy atom. The smallest absolute Gasteiger partial charge is 0.354 e. The van der Waals surface area contributed by atoms with E-state index in [-0.39, 0.29) is 28.7 Å². The molecule has 0 unspecified atom stereocenters. The predicted molar refractivity (Wildman–Crippen MR) is 92.6 cm³/mol. The second kappa shape index (κ2) is 7.80. The number of nitrogens with zero attached hydrogens (tertiary/aromatic N) is 3. The van der Waals surface area contributed by atoms with Crippen molar-refractivity contribution in [3.05, 3.63) is 30.4 Å². The maximum Gasteiger partial charge on any atom is 0.354 e. The van der Waals surface area contributed by atoms with E-state index in [1.54, 1.807) is 4.90 Å². The molecular formula is C15H19N5O6S. The highest BCUT2D eigenvalue weighted by atomic mass is 32.2. The van der Waals surface area contributed by atoms with Gasteiger partial charge in [-0.15, -0.1) is 0 Å². The molecule has 0 aliphatic carbocycles. The number of hydrogen-bond donors (Lipinski definition) is 2. The molecule has 2 aromatic rings. The molecule has 146 valence electrons. The van der Waals surface area contributed by atoms with Crippen molar-refractivity contribution in [3.63, 3.8) is 0 Å². The van der Waals surface area contributed by atoms with Crippen LogP contribution in [0, 0.1) is 0 Å². The first-order valence-corrected chi connectivity index (χ1v) is 9.55. The van der Waals surface area contributed by atoms with Crippen LogP contribution in [0.3, 0.4) is 0 Å². The first kappa shape index (κ1) is 18.9. The number of rotatable bonds is 6. The Bertz CT molecular complexity index is 928. The van der Waals surface area contributed by atoms with E-state index in [4.69, 9.17) is 4.74 Å². The highest BCUT2D eigenvalue weighted by Gasteiger charge is 2.21. The van der Waals surface area contributed by atoms with Crippen LogP contribution < -0.4 is 4.72 Å². The van der Waals surface area contributed by atoms with Gasteiger partial charge in [0.05, 0.1) is 32.2 Å². The van der Waals surface area contributed by atoms with Crippen LogP contribution >= 0.6 is 0 Å². The third-order valence-electron chi connectivity index (χ3n) is 3.92. The topological polar surface area (TPSA) is 136 Å². The molecule has 1 aliphatic rings. The van der Waals surface area contributed by atoms with Crippen LogP contribution in [0.4, 0.5) is 5.69 Å². The lowest BCUT2D eigenvalue weighted by molar-refractivity contribution is -0.136. The standard InChI is InChI=1S/C15H19N5O6S/c1-25-15(22)13-6-12(8-16-13)27(23,24)18-11-7-17-20(9-11)10-14(21)19-2-4-26-5-3-19/h6-9,16,18H,2-5,10H2,1H3. The van der Waals surface area contributed by atoms with Crippen LogP contribution in [-0.4, -0.2) is 73.4 Å². The number of methoxy groups -OCH3 is 1. The zero-order valence-corrected chi connectivity index (χ0v) is 15.4. The zero-order valence-electron chi connectivity index (χ0n) is 14.5. The van der Waals surface area contributed by atoms with Crippen LogP contribution in [0.5, 0.6) is 0 Å². The summed E-state index contributed by atoms with van der Waals surface area (Å²) in [7, 11) is -2.73. The zero-order chi connectivity index (χ0) is 19.4. The maximum absolute atomic E-state index is 12.4. The fraction of sp³-hybridized carbons (Fsp3) is 0.400. The van der Waals surface area contributed by atoms with E-state index < -0.39 is 16.0 Å². The van der Waals surface area contributed by atoms with Gasteiger partial charge in [-0.05, 0) is 6.07 Å². The molecule has 1 saturated heterocycles. The van der Waals surface area contributed by atoms with Gasteiger partial charge in [0.15, 0.2) is 0 Å². The van der Waals surface area contributed by atoms with Gasteiger partial charge in [-0.3, -0.25) is 14.2 Å². The van der Waals surface area contributed by atoms with Gasteiger partial charge >= 0.3 is 5.97 Å². The predicted octanol–water partition coefficient (Wildman–Crippen LogP) is -0.343. The molecule has 0 bridgehead atoms. The number of amides is 1. The molecule has 12 heteroatoms. The minimum Gasteiger partial charge on any atom is -0.464 e. The number of carbonyl (C=O) groups excluding carboxylic acids is 2. The monoisotopic (exact) mass is 397 g/mol. The largest absolute Gasteiger partial charge is 0.464 e. The van der Waals surface area contributed by atoms with Crippen molar-refractivity contribution >= 4 is 27.6 Å². The Morgan fingerprint density at radius 1 is 1.37 bits per heavy atom. The summed E-state index contributed by atoms with van der Waals surface area (Å²) in [6.07, 6.45) is 3.91. The molecule has 0 aromatic carbocycles. The number of H-pyrrole nitrogens is 1. The number of sulfonamides is 1. The lowest BCUT2D eigenvalue weighted by atomic mass is 10.4. The molecule has 0 saturated carbocycles. The molecule has 3 heterocycles. The van der Waals surface area contributed by atoms with Crippen molar-refractivity contribution in [2.75, 3.05) is 38.1 Å². The van der Waals surface area contributed by atoms with Gasteiger partial charge in [-0.2, -0.15) is 5.10 Å². The molecule has 2 N–H and O–H groups in total. The van der Waals surface area contributed by atoms with E-state index in [9.17, 15) is 18.0 Å². The molecule has 1 fully saturated rings. The average Bonchev–Trinajstić information content (AvgIpc) is 3.31. The third kappa shape index (κ3) is 4.46. The summed E-state index contributed by atoms with van der Waals surface area (Å²) < 4.78 is 38.2. The van der Waals surface area contributed by atoms with Gasteiger partial charge in [-0.1, -0.05) is 0 Å². The number of ether oxygens (including phenoxy) is 2. The molecule has 3 rings (SSSR count). The Kier molecular flexibility index (Phi) is 5.46. The van der Waals surface area contributed by atoms with E-state index >= 15 is 0 Å². The lowest BCUT2D eigenvalue weighted by Crippen LogP contribution is -2.42. The second-order valence-corrected chi connectivity index (χ2v) is 7.45. The minimum absolute atomic E-state index is 0.00162. The average molecular weight is 397 g/mol. The number of esters is 1. The van der Waals surface area contributed by atoms with Crippen LogP contribution in [0.15, 0.2) is 29.6 Å². The third-order valence-corrected chi connectivity index (χ3v) is 5.28. The Morgan fingerprint density at radius 3 is 2.81 bits per heavy atom. The molecule has 1 aliphatic heterocycles. The number of nitrogens with one attached hydrogen (secondary N) is 2. The van der Waals surface area contributed by atoms with E-state index in [0.29, 0.717) is 26.3 Å². The summed E-state index contributed by atoms with van der Waals surface area (Å²) in [6, 6.07) is 1.17. The van der Waals surface area contributed by atoms with Crippen LogP contribution in [0.25, 0.3) is 0 Å². The Hall–Kier alpha value is -2.86. The quantitative estimate of drug-likeness (QED) is 0.636. The summed E-state index contributed by atoms with van der Waals surface area (Å²) >= 11 is 0. The van der Waals surface area contributed by atoms with Crippen molar-refractivity contribution in [3.8, 4) is 0 Å². The fourth-order valence-corrected chi connectivity index (χ4v) is 3.55. The van der Waals surface area contributed by atoms with Gasteiger partial charge in [0, 0.05) is 25.5 Å². The molecule has 0 spiro atoms.